The molecule has 0 radical (unpaired) electrons. The lowest BCUT2D eigenvalue weighted by molar-refractivity contribution is -0.139. The number of carboxylic acids is 1. The van der Waals surface area contributed by atoms with Crippen molar-refractivity contribution in [2.24, 2.45) is 0 Å². The van der Waals surface area contributed by atoms with Gasteiger partial charge < -0.3 is 10.0 Å². The van der Waals surface area contributed by atoms with Gasteiger partial charge in [0, 0.05) is 24.3 Å². The number of carbonyl (C=O) groups excluding carboxylic acids is 1. The van der Waals surface area contributed by atoms with E-state index in [1.54, 1.807) is 16.7 Å². The molecule has 0 rings (SSSR count). The van der Waals surface area contributed by atoms with Crippen molar-refractivity contribution >= 4 is 23.6 Å². The number of carbonyl (C=O) groups is 2. The molecule has 0 aromatic rings. The minimum atomic E-state index is -0.864. The number of hydrogen-bond donors (Lipinski definition) is 1. The van der Waals surface area contributed by atoms with Gasteiger partial charge in [0.05, 0.1) is 6.42 Å². The molecule has 0 spiro atoms. The van der Waals surface area contributed by atoms with E-state index in [9.17, 15) is 9.59 Å². The van der Waals surface area contributed by atoms with Crippen LogP contribution in [0.4, 0.5) is 0 Å². The van der Waals surface area contributed by atoms with Gasteiger partial charge in [0.1, 0.15) is 0 Å². The Morgan fingerprint density at radius 2 is 1.88 bits per heavy atom. The predicted molar refractivity (Wildman–Crippen MR) is 66.7 cm³/mol. The maximum atomic E-state index is 11.9. The number of amides is 1. The van der Waals surface area contributed by atoms with E-state index >= 15 is 0 Å². The molecule has 0 aliphatic heterocycles. The van der Waals surface area contributed by atoms with Crippen molar-refractivity contribution < 1.29 is 14.7 Å². The fraction of sp³-hybridized carbons (Fsp3) is 0.818. The molecule has 0 saturated heterocycles. The van der Waals surface area contributed by atoms with Crippen molar-refractivity contribution in [2.45, 2.75) is 44.9 Å². The highest BCUT2D eigenvalue weighted by Gasteiger charge is 2.19. The lowest BCUT2D eigenvalue weighted by Crippen LogP contribution is -2.39. The van der Waals surface area contributed by atoms with Gasteiger partial charge in [0.15, 0.2) is 0 Å². The van der Waals surface area contributed by atoms with Crippen molar-refractivity contribution in [3.05, 3.63) is 0 Å². The van der Waals surface area contributed by atoms with Crippen LogP contribution < -0.4 is 0 Å². The lowest BCUT2D eigenvalue weighted by Gasteiger charge is -2.27. The Morgan fingerprint density at radius 1 is 1.31 bits per heavy atom. The summed E-state index contributed by atoms with van der Waals surface area (Å²) in [6.45, 7) is 6.11. The van der Waals surface area contributed by atoms with Crippen molar-refractivity contribution in [1.82, 2.24) is 4.90 Å². The van der Waals surface area contributed by atoms with Gasteiger partial charge >= 0.3 is 5.97 Å². The molecule has 1 amide bonds. The Morgan fingerprint density at radius 3 is 2.25 bits per heavy atom. The third-order valence-electron chi connectivity index (χ3n) is 2.37. The first-order valence-electron chi connectivity index (χ1n) is 5.42. The van der Waals surface area contributed by atoms with Gasteiger partial charge in [-0.05, 0) is 20.1 Å². The van der Waals surface area contributed by atoms with E-state index in [1.165, 1.54) is 0 Å². The zero-order chi connectivity index (χ0) is 12.7. The molecule has 1 N–H and O–H groups in total. The van der Waals surface area contributed by atoms with Crippen LogP contribution in [0.25, 0.3) is 0 Å². The SMILES string of the molecule is CSC(C)CC(=O)N(CCC(=O)O)C(C)C. The largest absolute Gasteiger partial charge is 0.481 e. The van der Waals surface area contributed by atoms with Crippen LogP contribution in [-0.4, -0.2) is 46.0 Å². The first kappa shape index (κ1) is 15.3. The van der Waals surface area contributed by atoms with Gasteiger partial charge in [-0.1, -0.05) is 6.92 Å². The van der Waals surface area contributed by atoms with E-state index in [-0.39, 0.29) is 23.6 Å². The van der Waals surface area contributed by atoms with E-state index in [0.717, 1.165) is 0 Å². The maximum Gasteiger partial charge on any atom is 0.305 e. The van der Waals surface area contributed by atoms with Gasteiger partial charge in [0.2, 0.25) is 5.91 Å². The van der Waals surface area contributed by atoms with Gasteiger partial charge in [-0.3, -0.25) is 9.59 Å². The zero-order valence-corrected chi connectivity index (χ0v) is 11.2. The van der Waals surface area contributed by atoms with Crippen LogP contribution in [0.1, 0.15) is 33.6 Å². The average Bonchev–Trinajstić information content (AvgIpc) is 2.16. The summed E-state index contributed by atoms with van der Waals surface area (Å²) in [5, 5.41) is 8.89. The predicted octanol–water partition coefficient (Wildman–Crippen LogP) is 1.84. The minimum absolute atomic E-state index is 0.0115. The first-order chi connectivity index (χ1) is 7.38. The number of nitrogens with zero attached hydrogens (tertiary/aromatic N) is 1. The molecular weight excluding hydrogens is 226 g/mol. The monoisotopic (exact) mass is 247 g/mol. The molecular formula is C11H21NO3S. The Labute approximate surface area is 101 Å². The number of aliphatic carboxylic acids is 1. The fourth-order valence-electron chi connectivity index (χ4n) is 1.33. The highest BCUT2D eigenvalue weighted by molar-refractivity contribution is 7.99. The summed E-state index contributed by atoms with van der Waals surface area (Å²) in [4.78, 5) is 24.0. The van der Waals surface area contributed by atoms with Gasteiger partial charge in [-0.25, -0.2) is 0 Å². The molecule has 0 bridgehead atoms. The Kier molecular flexibility index (Phi) is 7.21. The maximum absolute atomic E-state index is 11.9. The van der Waals surface area contributed by atoms with Crippen LogP contribution in [0.3, 0.4) is 0 Å². The molecule has 0 aromatic carbocycles. The van der Waals surface area contributed by atoms with Crippen molar-refractivity contribution in [1.29, 1.82) is 0 Å². The topological polar surface area (TPSA) is 57.6 Å². The summed E-state index contributed by atoms with van der Waals surface area (Å²) in [5.41, 5.74) is 0. The number of thioether (sulfide) groups is 1. The molecule has 0 heterocycles. The third-order valence-corrected chi connectivity index (χ3v) is 3.35. The number of carboxylic acid groups (broad SMARTS) is 1. The van der Waals surface area contributed by atoms with Crippen molar-refractivity contribution in [2.75, 3.05) is 12.8 Å². The van der Waals surface area contributed by atoms with E-state index < -0.39 is 5.97 Å². The Balaban J connectivity index is 4.29. The molecule has 0 saturated carbocycles. The van der Waals surface area contributed by atoms with Crippen molar-refractivity contribution in [3.63, 3.8) is 0 Å². The molecule has 94 valence electrons. The third kappa shape index (κ3) is 6.00. The van der Waals surface area contributed by atoms with Crippen LogP contribution in [0.5, 0.6) is 0 Å². The van der Waals surface area contributed by atoms with Crippen molar-refractivity contribution in [3.8, 4) is 0 Å². The second-order valence-corrected chi connectivity index (χ2v) is 5.35. The van der Waals surface area contributed by atoms with Gasteiger partial charge in [-0.2, -0.15) is 11.8 Å². The van der Waals surface area contributed by atoms with E-state index in [1.807, 2.05) is 27.0 Å². The first-order valence-corrected chi connectivity index (χ1v) is 6.71. The highest BCUT2D eigenvalue weighted by atomic mass is 32.2. The molecule has 0 aliphatic rings. The highest BCUT2D eigenvalue weighted by Crippen LogP contribution is 2.13. The fourth-order valence-corrected chi connectivity index (χ4v) is 1.64. The molecule has 0 fully saturated rings. The molecule has 4 nitrogen and oxygen atoms in total. The summed E-state index contributed by atoms with van der Waals surface area (Å²) in [6, 6.07) is 0.0564. The summed E-state index contributed by atoms with van der Waals surface area (Å²) in [6.07, 6.45) is 2.45. The minimum Gasteiger partial charge on any atom is -0.481 e. The van der Waals surface area contributed by atoms with Crippen LogP contribution in [0.2, 0.25) is 0 Å². The van der Waals surface area contributed by atoms with Crippen LogP contribution in [0.15, 0.2) is 0 Å². The summed E-state index contributed by atoms with van der Waals surface area (Å²) < 4.78 is 0. The Hall–Kier alpha value is -0.710. The molecule has 1 atom stereocenters. The molecule has 5 heteroatoms. The van der Waals surface area contributed by atoms with E-state index in [4.69, 9.17) is 5.11 Å². The van der Waals surface area contributed by atoms with Crippen LogP contribution >= 0.6 is 11.8 Å². The number of rotatable bonds is 7. The quantitative estimate of drug-likeness (QED) is 0.746. The summed E-state index contributed by atoms with van der Waals surface area (Å²) in [5.74, 6) is -0.825. The van der Waals surface area contributed by atoms with Gasteiger partial charge in [-0.15, -0.1) is 0 Å². The van der Waals surface area contributed by atoms with E-state index in [0.29, 0.717) is 13.0 Å². The zero-order valence-electron chi connectivity index (χ0n) is 10.4. The number of hydrogen-bond acceptors (Lipinski definition) is 3. The molecule has 0 aromatic heterocycles. The normalized spacial score (nSPS) is 12.6. The second-order valence-electron chi connectivity index (χ2n) is 4.08. The summed E-state index contributed by atoms with van der Waals surface area (Å²) in [7, 11) is 0. The molecule has 16 heavy (non-hydrogen) atoms. The molecule has 1 unspecified atom stereocenters. The second kappa shape index (κ2) is 7.54. The average molecular weight is 247 g/mol. The lowest BCUT2D eigenvalue weighted by atomic mass is 10.2. The Bertz CT molecular complexity index is 243. The standard InChI is InChI=1S/C11H21NO3S/c1-8(2)12(6-5-11(14)15)10(13)7-9(3)16-4/h8-9H,5-7H2,1-4H3,(H,14,15). The smallest absolute Gasteiger partial charge is 0.305 e. The summed E-state index contributed by atoms with van der Waals surface area (Å²) >= 11 is 1.64. The van der Waals surface area contributed by atoms with E-state index in [2.05, 4.69) is 0 Å². The van der Waals surface area contributed by atoms with Crippen LogP contribution in [-0.2, 0) is 9.59 Å². The van der Waals surface area contributed by atoms with Crippen LogP contribution in [0, 0.1) is 0 Å². The van der Waals surface area contributed by atoms with Gasteiger partial charge in [0.25, 0.3) is 0 Å². The molecule has 0 aliphatic carbocycles.